The van der Waals surface area contributed by atoms with Crippen molar-refractivity contribution in [1.29, 1.82) is 0 Å². The number of hydrogen-bond donors (Lipinski definition) is 1. The molecule has 0 aromatic heterocycles. The highest BCUT2D eigenvalue weighted by Gasteiger charge is 2.34. The van der Waals surface area contributed by atoms with E-state index in [0.29, 0.717) is 12.3 Å². The number of amides is 2. The van der Waals surface area contributed by atoms with Gasteiger partial charge in [0.1, 0.15) is 6.04 Å². The number of likely N-dealkylation sites (N-methyl/N-ethyl adjacent to an activating group) is 1. The number of primary amides is 1. The molecule has 1 aromatic rings. The molecule has 0 radical (unpaired) electrons. The third-order valence-electron chi connectivity index (χ3n) is 5.98. The van der Waals surface area contributed by atoms with Crippen molar-refractivity contribution < 1.29 is 9.59 Å². The van der Waals surface area contributed by atoms with Crippen LogP contribution in [0.1, 0.15) is 37.3 Å². The Labute approximate surface area is 162 Å². The summed E-state index contributed by atoms with van der Waals surface area (Å²) in [5.41, 5.74) is 6.36. The molecular formula is C21H32N4O2. The summed E-state index contributed by atoms with van der Waals surface area (Å²) in [6, 6.07) is 9.98. The molecule has 2 aliphatic rings. The van der Waals surface area contributed by atoms with Gasteiger partial charge in [0.25, 0.3) is 0 Å². The van der Waals surface area contributed by atoms with Crippen LogP contribution in [0.2, 0.25) is 0 Å². The number of carbonyl (C=O) groups excluding carboxylic acids is 2. The van der Waals surface area contributed by atoms with Gasteiger partial charge in [0, 0.05) is 45.7 Å². The van der Waals surface area contributed by atoms with E-state index in [2.05, 4.69) is 29.0 Å². The lowest BCUT2D eigenvalue weighted by Crippen LogP contribution is -2.51. The van der Waals surface area contributed by atoms with Gasteiger partial charge in [-0.15, -0.1) is 0 Å². The standard InChI is InChI=1S/C21H32N4O2/c1-23-13-15-24(16-14-23)20(18-5-3-2-4-6-18)21(27)25-11-9-17(10-12-25)7-8-19(22)26/h2-6,17,20H,7-16H2,1H3,(H2,22,26). The maximum Gasteiger partial charge on any atom is 0.244 e. The second-order valence-electron chi connectivity index (χ2n) is 7.93. The highest BCUT2D eigenvalue weighted by molar-refractivity contribution is 5.83. The topological polar surface area (TPSA) is 69.9 Å². The number of carbonyl (C=O) groups is 2. The third-order valence-corrected chi connectivity index (χ3v) is 5.98. The zero-order valence-corrected chi connectivity index (χ0v) is 16.3. The van der Waals surface area contributed by atoms with E-state index in [0.717, 1.165) is 64.1 Å². The quantitative estimate of drug-likeness (QED) is 0.821. The molecule has 0 bridgehead atoms. The van der Waals surface area contributed by atoms with Gasteiger partial charge >= 0.3 is 0 Å². The van der Waals surface area contributed by atoms with Gasteiger partial charge in [0.15, 0.2) is 0 Å². The van der Waals surface area contributed by atoms with Crippen molar-refractivity contribution in [2.24, 2.45) is 11.7 Å². The SMILES string of the molecule is CN1CCN(C(C(=O)N2CCC(CCC(N)=O)CC2)c2ccccc2)CC1. The predicted octanol–water partition coefficient (Wildman–Crippen LogP) is 1.48. The van der Waals surface area contributed by atoms with Crippen molar-refractivity contribution in [3.63, 3.8) is 0 Å². The van der Waals surface area contributed by atoms with Gasteiger partial charge in [0.05, 0.1) is 0 Å². The van der Waals surface area contributed by atoms with E-state index in [1.165, 1.54) is 0 Å². The lowest BCUT2D eigenvalue weighted by molar-refractivity contribution is -0.139. The van der Waals surface area contributed by atoms with Crippen molar-refractivity contribution in [1.82, 2.24) is 14.7 Å². The molecule has 0 aliphatic carbocycles. The van der Waals surface area contributed by atoms with Crippen molar-refractivity contribution >= 4 is 11.8 Å². The Kier molecular flexibility index (Phi) is 6.85. The van der Waals surface area contributed by atoms with Crippen LogP contribution in [0.25, 0.3) is 0 Å². The summed E-state index contributed by atoms with van der Waals surface area (Å²) in [6.45, 7) is 5.37. The van der Waals surface area contributed by atoms with E-state index in [9.17, 15) is 9.59 Å². The normalized spacial score (nSPS) is 21.1. The van der Waals surface area contributed by atoms with Gasteiger partial charge in [-0.1, -0.05) is 30.3 Å². The van der Waals surface area contributed by atoms with E-state index in [1.807, 2.05) is 23.1 Å². The van der Waals surface area contributed by atoms with E-state index in [-0.39, 0.29) is 17.9 Å². The van der Waals surface area contributed by atoms with Crippen LogP contribution in [0.4, 0.5) is 0 Å². The molecule has 1 unspecified atom stereocenters. The molecule has 6 nitrogen and oxygen atoms in total. The second kappa shape index (κ2) is 9.33. The van der Waals surface area contributed by atoms with Gasteiger partial charge in [0.2, 0.25) is 11.8 Å². The summed E-state index contributed by atoms with van der Waals surface area (Å²) in [6.07, 6.45) is 3.22. The zero-order valence-electron chi connectivity index (χ0n) is 16.3. The molecule has 1 atom stereocenters. The lowest BCUT2D eigenvalue weighted by Gasteiger charge is -2.41. The van der Waals surface area contributed by atoms with E-state index in [4.69, 9.17) is 5.73 Å². The highest BCUT2D eigenvalue weighted by atomic mass is 16.2. The number of hydrogen-bond acceptors (Lipinski definition) is 4. The molecule has 27 heavy (non-hydrogen) atoms. The van der Waals surface area contributed by atoms with Gasteiger partial charge in [-0.25, -0.2) is 0 Å². The number of likely N-dealkylation sites (tertiary alicyclic amines) is 1. The van der Waals surface area contributed by atoms with Crippen LogP contribution >= 0.6 is 0 Å². The Morgan fingerprint density at radius 3 is 2.26 bits per heavy atom. The second-order valence-corrected chi connectivity index (χ2v) is 7.93. The summed E-state index contributed by atoms with van der Waals surface area (Å²) in [4.78, 5) is 31.1. The van der Waals surface area contributed by atoms with E-state index in [1.54, 1.807) is 0 Å². The molecule has 2 amide bonds. The van der Waals surface area contributed by atoms with Gasteiger partial charge in [-0.3, -0.25) is 14.5 Å². The molecule has 2 heterocycles. The summed E-state index contributed by atoms with van der Waals surface area (Å²) in [5.74, 6) is 0.493. The number of piperazine rings is 1. The first-order valence-electron chi connectivity index (χ1n) is 10.1. The maximum absolute atomic E-state index is 13.4. The van der Waals surface area contributed by atoms with Crippen LogP contribution in [0, 0.1) is 5.92 Å². The van der Waals surface area contributed by atoms with Crippen LogP contribution in [-0.2, 0) is 9.59 Å². The molecule has 2 saturated heterocycles. The fourth-order valence-electron chi connectivity index (χ4n) is 4.19. The van der Waals surface area contributed by atoms with Gasteiger partial charge < -0.3 is 15.5 Å². The van der Waals surface area contributed by atoms with Crippen molar-refractivity contribution in [3.05, 3.63) is 35.9 Å². The average molecular weight is 373 g/mol. The number of rotatable bonds is 6. The maximum atomic E-state index is 13.4. The minimum atomic E-state index is -0.229. The van der Waals surface area contributed by atoms with Crippen LogP contribution < -0.4 is 5.73 Å². The van der Waals surface area contributed by atoms with Gasteiger partial charge in [-0.05, 0) is 37.8 Å². The third kappa shape index (κ3) is 5.30. The van der Waals surface area contributed by atoms with E-state index < -0.39 is 0 Å². The Bertz CT molecular complexity index is 620. The Balaban J connectivity index is 1.66. The molecule has 2 aliphatic heterocycles. The molecule has 6 heteroatoms. The Hall–Kier alpha value is -1.92. The molecule has 3 rings (SSSR count). The number of benzene rings is 1. The molecule has 2 N–H and O–H groups in total. The zero-order chi connectivity index (χ0) is 19.2. The first-order valence-corrected chi connectivity index (χ1v) is 10.1. The van der Waals surface area contributed by atoms with Crippen molar-refractivity contribution in [2.75, 3.05) is 46.3 Å². The monoisotopic (exact) mass is 372 g/mol. The minimum Gasteiger partial charge on any atom is -0.370 e. The molecule has 0 saturated carbocycles. The summed E-state index contributed by atoms with van der Waals surface area (Å²) >= 11 is 0. The van der Waals surface area contributed by atoms with Crippen molar-refractivity contribution in [3.8, 4) is 0 Å². The van der Waals surface area contributed by atoms with Crippen LogP contribution in [0.5, 0.6) is 0 Å². The summed E-state index contributed by atoms with van der Waals surface area (Å²) in [5, 5.41) is 0. The van der Waals surface area contributed by atoms with Crippen LogP contribution in [0.15, 0.2) is 30.3 Å². The lowest BCUT2D eigenvalue weighted by atomic mass is 9.91. The molecule has 1 aromatic carbocycles. The van der Waals surface area contributed by atoms with Crippen molar-refractivity contribution in [2.45, 2.75) is 31.7 Å². The molecule has 148 valence electrons. The van der Waals surface area contributed by atoms with E-state index >= 15 is 0 Å². The molecule has 2 fully saturated rings. The number of piperidine rings is 1. The van der Waals surface area contributed by atoms with Crippen LogP contribution in [0.3, 0.4) is 0 Å². The number of nitrogens with zero attached hydrogens (tertiary/aromatic N) is 3. The first-order chi connectivity index (χ1) is 13.0. The molecular weight excluding hydrogens is 340 g/mol. The minimum absolute atomic E-state index is 0.193. The molecule has 0 spiro atoms. The smallest absolute Gasteiger partial charge is 0.244 e. The fraction of sp³-hybridized carbons (Fsp3) is 0.619. The highest BCUT2D eigenvalue weighted by Crippen LogP contribution is 2.28. The van der Waals surface area contributed by atoms with Crippen LogP contribution in [-0.4, -0.2) is 72.8 Å². The first kappa shape index (κ1) is 19.8. The number of nitrogens with two attached hydrogens (primary N) is 1. The summed E-state index contributed by atoms with van der Waals surface area (Å²) in [7, 11) is 2.13. The van der Waals surface area contributed by atoms with Gasteiger partial charge in [-0.2, -0.15) is 0 Å². The Morgan fingerprint density at radius 2 is 1.67 bits per heavy atom. The summed E-state index contributed by atoms with van der Waals surface area (Å²) < 4.78 is 0. The Morgan fingerprint density at radius 1 is 1.04 bits per heavy atom. The average Bonchev–Trinajstić information content (AvgIpc) is 2.69. The predicted molar refractivity (Wildman–Crippen MR) is 106 cm³/mol. The largest absolute Gasteiger partial charge is 0.370 e. The fourth-order valence-corrected chi connectivity index (χ4v) is 4.19.